The Kier molecular flexibility index (Phi) is 3.37. The number of nitrogens with zero attached hydrogens (tertiary/aromatic N) is 1. The molecule has 0 unspecified atom stereocenters. The van der Waals surface area contributed by atoms with Gasteiger partial charge in [0.1, 0.15) is 11.6 Å². The van der Waals surface area contributed by atoms with Crippen molar-refractivity contribution in [1.82, 2.24) is 4.98 Å². The lowest BCUT2D eigenvalue weighted by Crippen LogP contribution is -1.97. The molecule has 0 atom stereocenters. The van der Waals surface area contributed by atoms with Crippen molar-refractivity contribution in [3.05, 3.63) is 53.5 Å². The number of carbonyl (C=O) groups is 1. The summed E-state index contributed by atoms with van der Waals surface area (Å²) in [4.78, 5) is 15.3. The number of hydrogen-bond acceptors (Lipinski definition) is 3. The van der Waals surface area contributed by atoms with Crippen LogP contribution in [0.2, 0.25) is 0 Å². The second-order valence-electron chi connectivity index (χ2n) is 3.96. The lowest BCUT2D eigenvalue weighted by atomic mass is 10.1. The maximum Gasteiger partial charge on any atom is 0.222 e. The summed E-state index contributed by atoms with van der Waals surface area (Å²) in [6.45, 7) is 3.29. The topological polar surface area (TPSA) is 39.2 Å². The lowest BCUT2D eigenvalue weighted by molar-refractivity contribution is 0.101. The Morgan fingerprint density at radius 1 is 1.28 bits per heavy atom. The molecule has 0 bridgehead atoms. The number of rotatable bonds is 3. The van der Waals surface area contributed by atoms with Crippen LogP contribution in [0.15, 0.2) is 36.5 Å². The fourth-order valence-corrected chi connectivity index (χ4v) is 1.48. The quantitative estimate of drug-likeness (QED) is 0.776. The highest BCUT2D eigenvalue weighted by Crippen LogP contribution is 2.23. The van der Waals surface area contributed by atoms with Crippen LogP contribution in [0, 0.1) is 12.7 Å². The van der Waals surface area contributed by atoms with Gasteiger partial charge in [-0.15, -0.1) is 0 Å². The largest absolute Gasteiger partial charge is 0.439 e. The van der Waals surface area contributed by atoms with Gasteiger partial charge < -0.3 is 4.74 Å². The molecular formula is C14H12FNO2. The molecule has 92 valence electrons. The number of ether oxygens (including phenoxy) is 1. The zero-order valence-corrected chi connectivity index (χ0v) is 10.1. The van der Waals surface area contributed by atoms with Crippen molar-refractivity contribution in [3.63, 3.8) is 0 Å². The molecule has 3 nitrogen and oxygen atoms in total. The number of Topliss-reactive ketones (excluding diaryl/α,β-unsaturated/α-hetero) is 1. The van der Waals surface area contributed by atoms with Crippen LogP contribution >= 0.6 is 0 Å². The molecule has 2 aromatic rings. The van der Waals surface area contributed by atoms with E-state index < -0.39 is 0 Å². The predicted molar refractivity (Wildman–Crippen MR) is 65.5 cm³/mol. The van der Waals surface area contributed by atoms with E-state index in [2.05, 4.69) is 4.98 Å². The fraction of sp³-hybridized carbons (Fsp3) is 0.143. The van der Waals surface area contributed by atoms with Crippen LogP contribution in [0.4, 0.5) is 4.39 Å². The van der Waals surface area contributed by atoms with Crippen LogP contribution in [0.3, 0.4) is 0 Å². The Balaban J connectivity index is 2.24. The number of hydrogen-bond donors (Lipinski definition) is 0. The molecule has 0 aliphatic rings. The molecule has 0 aliphatic heterocycles. The Morgan fingerprint density at radius 2 is 1.94 bits per heavy atom. The Bertz CT molecular complexity index is 579. The number of benzene rings is 1. The van der Waals surface area contributed by atoms with Crippen LogP contribution in [-0.2, 0) is 0 Å². The summed E-state index contributed by atoms with van der Waals surface area (Å²) in [6, 6.07) is 7.39. The van der Waals surface area contributed by atoms with Gasteiger partial charge in [0, 0.05) is 17.3 Å². The molecular weight excluding hydrogens is 233 g/mol. The van der Waals surface area contributed by atoms with Crippen molar-refractivity contribution in [2.24, 2.45) is 0 Å². The first-order valence-electron chi connectivity index (χ1n) is 5.47. The number of aromatic nitrogens is 1. The second kappa shape index (κ2) is 4.96. The normalized spacial score (nSPS) is 10.2. The van der Waals surface area contributed by atoms with Gasteiger partial charge in [-0.2, -0.15) is 0 Å². The van der Waals surface area contributed by atoms with E-state index in [-0.39, 0.29) is 11.6 Å². The van der Waals surface area contributed by atoms with Gasteiger partial charge in [-0.25, -0.2) is 9.37 Å². The van der Waals surface area contributed by atoms with Gasteiger partial charge in [-0.3, -0.25) is 4.79 Å². The maximum absolute atomic E-state index is 12.7. The van der Waals surface area contributed by atoms with E-state index >= 15 is 0 Å². The number of halogens is 1. The summed E-state index contributed by atoms with van der Waals surface area (Å²) in [5.74, 6) is 0.548. The number of aryl methyl sites for hydroxylation is 1. The molecule has 18 heavy (non-hydrogen) atoms. The average Bonchev–Trinajstić information content (AvgIpc) is 2.34. The van der Waals surface area contributed by atoms with E-state index in [1.807, 2.05) is 0 Å². The molecule has 0 spiro atoms. The van der Waals surface area contributed by atoms with Gasteiger partial charge in [-0.1, -0.05) is 0 Å². The first-order chi connectivity index (χ1) is 8.56. The van der Waals surface area contributed by atoms with Crippen LogP contribution < -0.4 is 4.74 Å². The highest BCUT2D eigenvalue weighted by Gasteiger charge is 2.07. The predicted octanol–water partition coefficient (Wildman–Crippen LogP) is 3.52. The van der Waals surface area contributed by atoms with Crippen molar-refractivity contribution in [1.29, 1.82) is 0 Å². The molecule has 1 aromatic carbocycles. The standard InChI is InChI=1S/C14H12FNO2/c1-9-7-11(10(2)17)8-16-14(9)18-13-5-3-12(15)4-6-13/h3-8H,1-2H3. The van der Waals surface area contributed by atoms with Crippen LogP contribution in [0.5, 0.6) is 11.6 Å². The van der Waals surface area contributed by atoms with Gasteiger partial charge >= 0.3 is 0 Å². The monoisotopic (exact) mass is 245 g/mol. The van der Waals surface area contributed by atoms with Gasteiger partial charge in [0.25, 0.3) is 0 Å². The van der Waals surface area contributed by atoms with E-state index in [9.17, 15) is 9.18 Å². The highest BCUT2D eigenvalue weighted by atomic mass is 19.1. The lowest BCUT2D eigenvalue weighted by Gasteiger charge is -2.08. The fourth-order valence-electron chi connectivity index (χ4n) is 1.48. The number of carbonyl (C=O) groups excluding carboxylic acids is 1. The summed E-state index contributed by atoms with van der Waals surface area (Å²) in [5, 5.41) is 0. The summed E-state index contributed by atoms with van der Waals surface area (Å²) in [5.41, 5.74) is 1.30. The smallest absolute Gasteiger partial charge is 0.222 e. The third kappa shape index (κ3) is 2.71. The molecule has 2 rings (SSSR count). The summed E-state index contributed by atoms with van der Waals surface area (Å²) in [6.07, 6.45) is 1.47. The SMILES string of the molecule is CC(=O)c1cnc(Oc2ccc(F)cc2)c(C)c1. The molecule has 4 heteroatoms. The zero-order valence-electron chi connectivity index (χ0n) is 10.1. The van der Waals surface area contributed by atoms with E-state index in [0.29, 0.717) is 17.2 Å². The molecule has 1 aromatic heterocycles. The molecule has 0 fully saturated rings. The van der Waals surface area contributed by atoms with E-state index in [1.54, 1.807) is 13.0 Å². The molecule has 0 aliphatic carbocycles. The van der Waals surface area contributed by atoms with Gasteiger partial charge in [0.15, 0.2) is 5.78 Å². The maximum atomic E-state index is 12.7. The average molecular weight is 245 g/mol. The van der Waals surface area contributed by atoms with Crippen molar-refractivity contribution in [3.8, 4) is 11.6 Å². The van der Waals surface area contributed by atoms with E-state index in [0.717, 1.165) is 5.56 Å². The van der Waals surface area contributed by atoms with Gasteiger partial charge in [0.2, 0.25) is 5.88 Å². The van der Waals surface area contributed by atoms with Crippen LogP contribution in [0.25, 0.3) is 0 Å². The first-order valence-corrected chi connectivity index (χ1v) is 5.47. The Hall–Kier alpha value is -2.23. The second-order valence-corrected chi connectivity index (χ2v) is 3.96. The Morgan fingerprint density at radius 3 is 2.50 bits per heavy atom. The van der Waals surface area contributed by atoms with E-state index in [4.69, 9.17) is 4.74 Å². The zero-order chi connectivity index (χ0) is 13.1. The molecule has 1 heterocycles. The van der Waals surface area contributed by atoms with Crippen LogP contribution in [0.1, 0.15) is 22.8 Å². The van der Waals surface area contributed by atoms with Crippen molar-refractivity contribution in [2.45, 2.75) is 13.8 Å². The molecule has 0 amide bonds. The first kappa shape index (κ1) is 12.2. The molecule has 0 radical (unpaired) electrons. The highest BCUT2D eigenvalue weighted by molar-refractivity contribution is 5.93. The van der Waals surface area contributed by atoms with Gasteiger partial charge in [-0.05, 0) is 44.2 Å². The van der Waals surface area contributed by atoms with Gasteiger partial charge in [0.05, 0.1) is 0 Å². The molecule has 0 saturated carbocycles. The minimum absolute atomic E-state index is 0.0427. The minimum Gasteiger partial charge on any atom is -0.439 e. The number of pyridine rings is 1. The summed E-state index contributed by atoms with van der Waals surface area (Å²) in [7, 11) is 0. The summed E-state index contributed by atoms with van der Waals surface area (Å²) >= 11 is 0. The molecule has 0 saturated heterocycles. The van der Waals surface area contributed by atoms with Crippen molar-refractivity contribution in [2.75, 3.05) is 0 Å². The molecule has 0 N–H and O–H groups in total. The van der Waals surface area contributed by atoms with Crippen LogP contribution in [-0.4, -0.2) is 10.8 Å². The third-order valence-corrected chi connectivity index (χ3v) is 2.46. The minimum atomic E-state index is -0.320. The summed E-state index contributed by atoms with van der Waals surface area (Å²) < 4.78 is 18.2. The number of ketones is 1. The third-order valence-electron chi connectivity index (χ3n) is 2.46. The van der Waals surface area contributed by atoms with Crippen molar-refractivity contribution >= 4 is 5.78 Å². The van der Waals surface area contributed by atoms with E-state index in [1.165, 1.54) is 37.4 Å². The van der Waals surface area contributed by atoms with Crippen molar-refractivity contribution < 1.29 is 13.9 Å². The Labute approximate surface area is 104 Å².